The van der Waals surface area contributed by atoms with Gasteiger partial charge in [-0.15, -0.1) is 0 Å². The Morgan fingerprint density at radius 2 is 2.17 bits per heavy atom. The maximum absolute atomic E-state index is 11.5. The number of amides is 1. The number of nitrogens with zero attached hydrogens (tertiary/aromatic N) is 2. The van der Waals surface area contributed by atoms with Crippen LogP contribution < -0.4 is 0 Å². The number of carbonyl (C=O) groups excluding carboxylic acids is 1. The number of fused-ring (bicyclic) bond motifs is 1. The lowest BCUT2D eigenvalue weighted by atomic mass is 9.92. The van der Waals surface area contributed by atoms with Gasteiger partial charge in [-0.25, -0.2) is 0 Å². The molecule has 4 nitrogen and oxygen atoms in total. The van der Waals surface area contributed by atoms with Gasteiger partial charge in [0.05, 0.1) is 12.7 Å². The van der Waals surface area contributed by atoms with Gasteiger partial charge in [0.25, 0.3) is 0 Å². The molecule has 0 N–H and O–H groups in total. The van der Waals surface area contributed by atoms with Crippen LogP contribution in [-0.4, -0.2) is 60.6 Å². The normalized spacial score (nSPS) is 31.6. The van der Waals surface area contributed by atoms with Crippen LogP contribution in [0.2, 0.25) is 0 Å². The van der Waals surface area contributed by atoms with Crippen LogP contribution in [0.25, 0.3) is 0 Å². The topological polar surface area (TPSA) is 32.8 Å². The molecular formula is C14H26N2O2. The highest BCUT2D eigenvalue weighted by Gasteiger charge is 2.34. The van der Waals surface area contributed by atoms with E-state index in [1.165, 1.54) is 6.42 Å². The lowest BCUT2D eigenvalue weighted by molar-refractivity contribution is -0.129. The van der Waals surface area contributed by atoms with Crippen molar-refractivity contribution in [3.05, 3.63) is 0 Å². The van der Waals surface area contributed by atoms with Crippen molar-refractivity contribution in [1.29, 1.82) is 0 Å². The summed E-state index contributed by atoms with van der Waals surface area (Å²) in [5.74, 6) is 0.709. The summed E-state index contributed by atoms with van der Waals surface area (Å²) < 4.78 is 5.98. The molecule has 3 atom stereocenters. The van der Waals surface area contributed by atoms with Gasteiger partial charge in [-0.3, -0.25) is 9.69 Å². The van der Waals surface area contributed by atoms with Crippen LogP contribution in [0.15, 0.2) is 0 Å². The van der Waals surface area contributed by atoms with Crippen molar-refractivity contribution in [2.75, 3.05) is 32.8 Å². The molecule has 104 valence electrons. The lowest BCUT2D eigenvalue weighted by Crippen LogP contribution is -2.50. The summed E-state index contributed by atoms with van der Waals surface area (Å²) in [6.45, 7) is 10.7. The first-order valence-corrected chi connectivity index (χ1v) is 7.23. The summed E-state index contributed by atoms with van der Waals surface area (Å²) in [6.07, 6.45) is 2.66. The SMILES string of the molecule is CCC(C)N1CC[C@@H]2CN(C(C)=O)CCO[C@@H]2C1. The van der Waals surface area contributed by atoms with Gasteiger partial charge in [-0.1, -0.05) is 6.92 Å². The fraction of sp³-hybridized carbons (Fsp3) is 0.929. The third-order valence-electron chi connectivity index (χ3n) is 4.53. The first kappa shape index (κ1) is 13.8. The number of hydrogen-bond acceptors (Lipinski definition) is 3. The number of hydrogen-bond donors (Lipinski definition) is 0. The van der Waals surface area contributed by atoms with Gasteiger partial charge in [0.15, 0.2) is 0 Å². The molecule has 0 aliphatic carbocycles. The van der Waals surface area contributed by atoms with E-state index in [-0.39, 0.29) is 5.91 Å². The predicted molar refractivity (Wildman–Crippen MR) is 71.4 cm³/mol. The molecule has 18 heavy (non-hydrogen) atoms. The summed E-state index contributed by atoms with van der Waals surface area (Å²) in [4.78, 5) is 16.0. The number of rotatable bonds is 2. The first-order valence-electron chi connectivity index (χ1n) is 7.23. The predicted octanol–water partition coefficient (Wildman–Crippen LogP) is 1.35. The summed E-state index contributed by atoms with van der Waals surface area (Å²) in [5.41, 5.74) is 0. The second kappa shape index (κ2) is 6.02. The Balaban J connectivity index is 1.96. The summed E-state index contributed by atoms with van der Waals surface area (Å²) in [5, 5.41) is 0. The Morgan fingerprint density at radius 3 is 2.83 bits per heavy atom. The Morgan fingerprint density at radius 1 is 1.39 bits per heavy atom. The second-order valence-electron chi connectivity index (χ2n) is 5.68. The van der Waals surface area contributed by atoms with Crippen LogP contribution in [0.4, 0.5) is 0 Å². The van der Waals surface area contributed by atoms with Gasteiger partial charge in [-0.2, -0.15) is 0 Å². The fourth-order valence-electron chi connectivity index (χ4n) is 3.02. The Hall–Kier alpha value is -0.610. The lowest BCUT2D eigenvalue weighted by Gasteiger charge is -2.40. The van der Waals surface area contributed by atoms with Gasteiger partial charge in [0, 0.05) is 38.5 Å². The van der Waals surface area contributed by atoms with E-state index < -0.39 is 0 Å². The molecule has 0 bridgehead atoms. The summed E-state index contributed by atoms with van der Waals surface area (Å²) >= 11 is 0. The van der Waals surface area contributed by atoms with Crippen molar-refractivity contribution in [3.8, 4) is 0 Å². The van der Waals surface area contributed by atoms with Gasteiger partial charge < -0.3 is 9.64 Å². The number of piperidine rings is 1. The second-order valence-corrected chi connectivity index (χ2v) is 5.68. The minimum Gasteiger partial charge on any atom is -0.375 e. The number of ether oxygens (including phenoxy) is 1. The van der Waals surface area contributed by atoms with Gasteiger partial charge in [0.2, 0.25) is 5.91 Å². The van der Waals surface area contributed by atoms with Crippen molar-refractivity contribution in [2.45, 2.75) is 45.8 Å². The Kier molecular flexibility index (Phi) is 4.62. The van der Waals surface area contributed by atoms with Crippen LogP contribution >= 0.6 is 0 Å². The number of likely N-dealkylation sites (tertiary alicyclic amines) is 1. The third kappa shape index (κ3) is 3.04. The van der Waals surface area contributed by atoms with Crippen molar-refractivity contribution in [1.82, 2.24) is 9.80 Å². The highest BCUT2D eigenvalue weighted by Crippen LogP contribution is 2.25. The summed E-state index contributed by atoms with van der Waals surface area (Å²) in [7, 11) is 0. The van der Waals surface area contributed by atoms with Crippen LogP contribution in [-0.2, 0) is 9.53 Å². The Labute approximate surface area is 110 Å². The van der Waals surface area contributed by atoms with Crippen LogP contribution in [0.1, 0.15) is 33.6 Å². The van der Waals surface area contributed by atoms with E-state index in [0.717, 1.165) is 32.6 Å². The minimum absolute atomic E-state index is 0.184. The minimum atomic E-state index is 0.184. The highest BCUT2D eigenvalue weighted by molar-refractivity contribution is 5.73. The highest BCUT2D eigenvalue weighted by atomic mass is 16.5. The molecule has 1 amide bonds. The molecule has 2 fully saturated rings. The molecule has 4 heteroatoms. The molecule has 2 aliphatic heterocycles. The first-order chi connectivity index (χ1) is 8.61. The van der Waals surface area contributed by atoms with E-state index in [9.17, 15) is 4.79 Å². The van der Waals surface area contributed by atoms with E-state index in [0.29, 0.717) is 24.7 Å². The van der Waals surface area contributed by atoms with Crippen LogP contribution in [0, 0.1) is 5.92 Å². The molecule has 2 rings (SSSR count). The van der Waals surface area contributed by atoms with Gasteiger partial charge in [0.1, 0.15) is 0 Å². The van der Waals surface area contributed by atoms with Gasteiger partial charge >= 0.3 is 0 Å². The molecule has 0 aromatic heterocycles. The largest absolute Gasteiger partial charge is 0.375 e. The zero-order valence-corrected chi connectivity index (χ0v) is 11.9. The molecule has 0 radical (unpaired) electrons. The average Bonchev–Trinajstić information content (AvgIpc) is 2.58. The molecule has 2 saturated heterocycles. The third-order valence-corrected chi connectivity index (χ3v) is 4.53. The van der Waals surface area contributed by atoms with Crippen molar-refractivity contribution >= 4 is 5.91 Å². The fourth-order valence-corrected chi connectivity index (χ4v) is 3.02. The molecule has 2 aliphatic rings. The molecule has 0 spiro atoms. The van der Waals surface area contributed by atoms with Crippen molar-refractivity contribution in [3.63, 3.8) is 0 Å². The molecule has 0 saturated carbocycles. The van der Waals surface area contributed by atoms with Gasteiger partial charge in [-0.05, 0) is 26.3 Å². The zero-order valence-electron chi connectivity index (χ0n) is 11.9. The van der Waals surface area contributed by atoms with Crippen molar-refractivity contribution in [2.24, 2.45) is 5.92 Å². The molecule has 0 aromatic rings. The average molecular weight is 254 g/mol. The molecule has 1 unspecified atom stereocenters. The van der Waals surface area contributed by atoms with E-state index >= 15 is 0 Å². The molecule has 2 heterocycles. The van der Waals surface area contributed by atoms with E-state index in [1.807, 2.05) is 4.90 Å². The Bertz CT molecular complexity index is 296. The van der Waals surface area contributed by atoms with Crippen LogP contribution in [0.5, 0.6) is 0 Å². The monoisotopic (exact) mass is 254 g/mol. The van der Waals surface area contributed by atoms with E-state index in [4.69, 9.17) is 4.74 Å². The smallest absolute Gasteiger partial charge is 0.219 e. The van der Waals surface area contributed by atoms with E-state index in [1.54, 1.807) is 6.92 Å². The standard InChI is InChI=1S/C14H26N2O2/c1-4-11(2)15-6-5-13-9-16(12(3)17)7-8-18-14(13)10-15/h11,13-14H,4-10H2,1-3H3/t11?,13-,14-/m1/s1. The maximum atomic E-state index is 11.5. The van der Waals surface area contributed by atoms with Crippen molar-refractivity contribution < 1.29 is 9.53 Å². The van der Waals surface area contributed by atoms with E-state index in [2.05, 4.69) is 18.7 Å². The molecule has 0 aromatic carbocycles. The number of carbonyl (C=O) groups is 1. The summed E-state index contributed by atoms with van der Waals surface area (Å²) in [6, 6.07) is 0.640. The zero-order chi connectivity index (χ0) is 13.1. The van der Waals surface area contributed by atoms with Crippen LogP contribution in [0.3, 0.4) is 0 Å². The quantitative estimate of drug-likeness (QED) is 0.746. The maximum Gasteiger partial charge on any atom is 0.219 e. The molecular weight excluding hydrogens is 228 g/mol.